The van der Waals surface area contributed by atoms with Crippen molar-refractivity contribution in [3.63, 3.8) is 0 Å². The Balaban J connectivity index is 0.000000980. The van der Waals surface area contributed by atoms with Gasteiger partial charge in [0.15, 0.2) is 0 Å². The summed E-state index contributed by atoms with van der Waals surface area (Å²) in [5, 5.41) is 6.98. The fraction of sp³-hybridized carbons (Fsp3) is 1.00. The minimum absolute atomic E-state index is 0. The molecule has 0 aliphatic carbocycles. The molecule has 0 spiro atoms. The maximum atomic E-state index is 3.52. The SMILES string of the molecule is Br.C1CCN2CCNCCNCC2C1. The molecule has 0 bridgehead atoms. The van der Waals surface area contributed by atoms with Gasteiger partial charge in [0.2, 0.25) is 0 Å². The van der Waals surface area contributed by atoms with Crippen molar-refractivity contribution in [3.05, 3.63) is 0 Å². The Bertz CT molecular complexity index is 138. The zero-order chi connectivity index (χ0) is 8.93. The molecule has 4 heteroatoms. The van der Waals surface area contributed by atoms with Crippen LogP contribution in [0.5, 0.6) is 0 Å². The largest absolute Gasteiger partial charge is 0.314 e. The number of hydrogen-bond acceptors (Lipinski definition) is 3. The van der Waals surface area contributed by atoms with E-state index in [4.69, 9.17) is 0 Å². The number of fused-ring (bicyclic) bond motifs is 1. The second-order valence-corrected chi connectivity index (χ2v) is 4.14. The molecule has 2 N–H and O–H groups in total. The Hall–Kier alpha value is 0.360. The standard InChI is InChI=1S/C10H21N3.BrH/c1-2-7-13-8-6-11-4-5-12-9-10(13)3-1;/h10-12H,1-9H2;1H. The number of piperidine rings is 1. The van der Waals surface area contributed by atoms with Crippen molar-refractivity contribution in [2.24, 2.45) is 0 Å². The fourth-order valence-electron chi connectivity index (χ4n) is 2.38. The molecular weight excluding hydrogens is 242 g/mol. The Morgan fingerprint density at radius 2 is 1.79 bits per heavy atom. The zero-order valence-electron chi connectivity index (χ0n) is 8.80. The van der Waals surface area contributed by atoms with E-state index in [0.717, 1.165) is 25.7 Å². The van der Waals surface area contributed by atoms with Gasteiger partial charge in [0.05, 0.1) is 0 Å². The number of halogens is 1. The van der Waals surface area contributed by atoms with E-state index < -0.39 is 0 Å². The highest BCUT2D eigenvalue weighted by Crippen LogP contribution is 2.15. The van der Waals surface area contributed by atoms with E-state index in [9.17, 15) is 0 Å². The van der Waals surface area contributed by atoms with Crippen LogP contribution in [-0.4, -0.2) is 50.2 Å². The summed E-state index contributed by atoms with van der Waals surface area (Å²) >= 11 is 0. The Kier molecular flexibility index (Phi) is 6.01. The van der Waals surface area contributed by atoms with Gasteiger partial charge in [0, 0.05) is 38.8 Å². The molecule has 2 heterocycles. The van der Waals surface area contributed by atoms with E-state index in [1.165, 1.54) is 38.9 Å². The van der Waals surface area contributed by atoms with Crippen LogP contribution in [0, 0.1) is 0 Å². The van der Waals surface area contributed by atoms with E-state index in [-0.39, 0.29) is 17.0 Å². The predicted octanol–water partition coefficient (Wildman–Crippen LogP) is 0.612. The maximum absolute atomic E-state index is 3.52. The van der Waals surface area contributed by atoms with Crippen molar-refractivity contribution >= 4 is 17.0 Å². The van der Waals surface area contributed by atoms with Gasteiger partial charge >= 0.3 is 0 Å². The minimum atomic E-state index is 0. The first-order chi connectivity index (χ1) is 6.47. The first-order valence-electron chi connectivity index (χ1n) is 5.62. The second kappa shape index (κ2) is 6.77. The monoisotopic (exact) mass is 263 g/mol. The summed E-state index contributed by atoms with van der Waals surface area (Å²) in [6.45, 7) is 7.17. The van der Waals surface area contributed by atoms with Gasteiger partial charge in [0.1, 0.15) is 0 Å². The van der Waals surface area contributed by atoms with E-state index in [2.05, 4.69) is 15.5 Å². The lowest BCUT2D eigenvalue weighted by atomic mass is 10.0. The lowest BCUT2D eigenvalue weighted by molar-refractivity contribution is 0.151. The normalized spacial score (nSPS) is 30.4. The first kappa shape index (κ1) is 12.4. The average molecular weight is 264 g/mol. The molecule has 0 radical (unpaired) electrons. The zero-order valence-corrected chi connectivity index (χ0v) is 10.5. The molecule has 2 aliphatic rings. The van der Waals surface area contributed by atoms with Crippen molar-refractivity contribution in [2.75, 3.05) is 39.3 Å². The number of hydrogen-bond donors (Lipinski definition) is 2. The fourth-order valence-corrected chi connectivity index (χ4v) is 2.38. The third-order valence-corrected chi connectivity index (χ3v) is 3.18. The highest BCUT2D eigenvalue weighted by Gasteiger charge is 2.21. The summed E-state index contributed by atoms with van der Waals surface area (Å²) in [5.41, 5.74) is 0. The van der Waals surface area contributed by atoms with Crippen LogP contribution in [0.2, 0.25) is 0 Å². The highest BCUT2D eigenvalue weighted by molar-refractivity contribution is 8.93. The van der Waals surface area contributed by atoms with Gasteiger partial charge in [-0.25, -0.2) is 0 Å². The van der Waals surface area contributed by atoms with E-state index >= 15 is 0 Å². The van der Waals surface area contributed by atoms with Crippen molar-refractivity contribution < 1.29 is 0 Å². The van der Waals surface area contributed by atoms with Gasteiger partial charge in [-0.1, -0.05) is 6.42 Å². The molecule has 1 unspecified atom stereocenters. The summed E-state index contributed by atoms with van der Waals surface area (Å²) in [6.07, 6.45) is 4.22. The molecule has 84 valence electrons. The first-order valence-corrected chi connectivity index (χ1v) is 5.62. The van der Waals surface area contributed by atoms with Gasteiger partial charge in [-0.3, -0.25) is 4.90 Å². The molecule has 3 nitrogen and oxygen atoms in total. The van der Waals surface area contributed by atoms with Gasteiger partial charge in [0.25, 0.3) is 0 Å². The smallest absolute Gasteiger partial charge is 0.0221 e. The Morgan fingerprint density at radius 1 is 0.929 bits per heavy atom. The molecule has 2 saturated heterocycles. The van der Waals surface area contributed by atoms with Crippen LogP contribution in [0.15, 0.2) is 0 Å². The van der Waals surface area contributed by atoms with Gasteiger partial charge < -0.3 is 10.6 Å². The molecule has 0 aromatic carbocycles. The number of nitrogens with zero attached hydrogens (tertiary/aromatic N) is 1. The molecule has 2 rings (SSSR count). The van der Waals surface area contributed by atoms with Crippen LogP contribution in [0.4, 0.5) is 0 Å². The number of rotatable bonds is 0. The van der Waals surface area contributed by atoms with Crippen LogP contribution in [-0.2, 0) is 0 Å². The third-order valence-electron chi connectivity index (χ3n) is 3.18. The van der Waals surface area contributed by atoms with Gasteiger partial charge in [-0.05, 0) is 19.4 Å². The molecule has 1 atom stereocenters. The molecule has 0 saturated carbocycles. The predicted molar refractivity (Wildman–Crippen MR) is 65.3 cm³/mol. The van der Waals surface area contributed by atoms with Crippen molar-refractivity contribution in [3.8, 4) is 0 Å². The topological polar surface area (TPSA) is 27.3 Å². The lowest BCUT2D eigenvalue weighted by Crippen LogP contribution is -2.46. The van der Waals surface area contributed by atoms with E-state index in [1.807, 2.05) is 0 Å². The summed E-state index contributed by atoms with van der Waals surface area (Å²) < 4.78 is 0. The molecule has 0 amide bonds. The van der Waals surface area contributed by atoms with Gasteiger partial charge in [-0.15, -0.1) is 17.0 Å². The summed E-state index contributed by atoms with van der Waals surface area (Å²) in [6, 6.07) is 0.814. The number of nitrogens with one attached hydrogen (secondary N) is 2. The summed E-state index contributed by atoms with van der Waals surface area (Å²) in [4.78, 5) is 2.65. The van der Waals surface area contributed by atoms with Crippen molar-refractivity contribution in [1.82, 2.24) is 15.5 Å². The molecule has 0 aromatic heterocycles. The van der Waals surface area contributed by atoms with Crippen LogP contribution >= 0.6 is 17.0 Å². The van der Waals surface area contributed by atoms with Crippen LogP contribution in [0.3, 0.4) is 0 Å². The summed E-state index contributed by atoms with van der Waals surface area (Å²) in [7, 11) is 0. The van der Waals surface area contributed by atoms with Crippen LogP contribution in [0.25, 0.3) is 0 Å². The van der Waals surface area contributed by atoms with Gasteiger partial charge in [-0.2, -0.15) is 0 Å². The molecule has 2 aliphatic heterocycles. The quantitative estimate of drug-likeness (QED) is 0.671. The van der Waals surface area contributed by atoms with E-state index in [1.54, 1.807) is 0 Å². The lowest BCUT2D eigenvalue weighted by Gasteiger charge is -2.35. The third kappa shape index (κ3) is 3.50. The molecular formula is C10H22BrN3. The second-order valence-electron chi connectivity index (χ2n) is 4.14. The highest BCUT2D eigenvalue weighted by atomic mass is 79.9. The maximum Gasteiger partial charge on any atom is 0.0221 e. The Labute approximate surface area is 97.4 Å². The van der Waals surface area contributed by atoms with Crippen LogP contribution < -0.4 is 10.6 Å². The molecule has 14 heavy (non-hydrogen) atoms. The van der Waals surface area contributed by atoms with E-state index in [0.29, 0.717) is 0 Å². The molecule has 0 aromatic rings. The Morgan fingerprint density at radius 3 is 2.71 bits per heavy atom. The van der Waals surface area contributed by atoms with Crippen molar-refractivity contribution in [2.45, 2.75) is 25.3 Å². The minimum Gasteiger partial charge on any atom is -0.314 e. The summed E-state index contributed by atoms with van der Waals surface area (Å²) in [5.74, 6) is 0. The van der Waals surface area contributed by atoms with Crippen LogP contribution in [0.1, 0.15) is 19.3 Å². The molecule has 2 fully saturated rings. The average Bonchev–Trinajstić information content (AvgIpc) is 2.28. The van der Waals surface area contributed by atoms with Crippen molar-refractivity contribution in [1.29, 1.82) is 0 Å².